The van der Waals surface area contributed by atoms with Crippen LogP contribution in [-0.2, 0) is 0 Å². The van der Waals surface area contributed by atoms with Crippen molar-refractivity contribution in [1.82, 2.24) is 19.9 Å². The van der Waals surface area contributed by atoms with E-state index in [1.54, 1.807) is 6.20 Å². The Labute approximate surface area is 157 Å². The van der Waals surface area contributed by atoms with Gasteiger partial charge in [-0.25, -0.2) is 4.98 Å². The first-order valence-electron chi connectivity index (χ1n) is 8.90. The van der Waals surface area contributed by atoms with Gasteiger partial charge in [-0.2, -0.15) is 0 Å². The maximum atomic E-state index is 12.7. The average molecular weight is 356 g/mol. The SMILES string of the molecule is Cc1nc2cc(C(=O)NC(C)c3ccccn3)ccc2n1-c1ccccc1. The summed E-state index contributed by atoms with van der Waals surface area (Å²) in [5.74, 6) is 0.748. The van der Waals surface area contributed by atoms with Crippen molar-refractivity contribution in [3.63, 3.8) is 0 Å². The van der Waals surface area contributed by atoms with Gasteiger partial charge in [-0.1, -0.05) is 24.3 Å². The number of hydrogen-bond donors (Lipinski definition) is 1. The van der Waals surface area contributed by atoms with Crippen molar-refractivity contribution < 1.29 is 4.79 Å². The third-order valence-electron chi connectivity index (χ3n) is 4.58. The van der Waals surface area contributed by atoms with E-state index in [0.717, 1.165) is 28.2 Å². The molecule has 0 saturated carbocycles. The summed E-state index contributed by atoms with van der Waals surface area (Å²) in [6.45, 7) is 3.89. The number of nitrogens with zero attached hydrogens (tertiary/aromatic N) is 3. The lowest BCUT2D eigenvalue weighted by molar-refractivity contribution is 0.0939. The van der Waals surface area contributed by atoms with Crippen molar-refractivity contribution in [2.45, 2.75) is 19.9 Å². The molecule has 134 valence electrons. The highest BCUT2D eigenvalue weighted by Crippen LogP contribution is 2.22. The molecular formula is C22H20N4O. The number of fused-ring (bicyclic) bond motifs is 1. The van der Waals surface area contributed by atoms with E-state index >= 15 is 0 Å². The van der Waals surface area contributed by atoms with E-state index in [2.05, 4.69) is 19.9 Å². The third kappa shape index (κ3) is 3.31. The zero-order chi connectivity index (χ0) is 18.8. The first-order chi connectivity index (χ1) is 13.1. The number of para-hydroxylation sites is 1. The van der Waals surface area contributed by atoms with E-state index in [4.69, 9.17) is 0 Å². The van der Waals surface area contributed by atoms with Crippen molar-refractivity contribution in [2.75, 3.05) is 0 Å². The molecule has 0 fully saturated rings. The van der Waals surface area contributed by atoms with Gasteiger partial charge in [-0.3, -0.25) is 14.3 Å². The number of rotatable bonds is 4. The molecule has 1 unspecified atom stereocenters. The highest BCUT2D eigenvalue weighted by molar-refractivity contribution is 5.97. The normalized spacial score (nSPS) is 12.1. The van der Waals surface area contributed by atoms with E-state index in [1.165, 1.54) is 0 Å². The predicted octanol–water partition coefficient (Wildman–Crippen LogP) is 4.22. The molecule has 4 aromatic rings. The fourth-order valence-electron chi connectivity index (χ4n) is 3.23. The first kappa shape index (κ1) is 17.0. The highest BCUT2D eigenvalue weighted by atomic mass is 16.1. The Morgan fingerprint density at radius 3 is 2.56 bits per heavy atom. The molecule has 0 aliphatic carbocycles. The van der Waals surface area contributed by atoms with Gasteiger partial charge in [0.15, 0.2) is 0 Å². The maximum Gasteiger partial charge on any atom is 0.251 e. The van der Waals surface area contributed by atoms with Crippen LogP contribution in [-0.4, -0.2) is 20.4 Å². The molecule has 1 N–H and O–H groups in total. The van der Waals surface area contributed by atoms with Gasteiger partial charge < -0.3 is 5.32 Å². The lowest BCUT2D eigenvalue weighted by Crippen LogP contribution is -2.27. The highest BCUT2D eigenvalue weighted by Gasteiger charge is 2.15. The summed E-state index contributed by atoms with van der Waals surface area (Å²) in [5.41, 5.74) is 4.25. The van der Waals surface area contributed by atoms with Crippen molar-refractivity contribution in [3.8, 4) is 5.69 Å². The third-order valence-corrected chi connectivity index (χ3v) is 4.58. The number of carbonyl (C=O) groups excluding carboxylic acids is 1. The van der Waals surface area contributed by atoms with Crippen molar-refractivity contribution in [1.29, 1.82) is 0 Å². The summed E-state index contributed by atoms with van der Waals surface area (Å²) in [6.07, 6.45) is 1.73. The second-order valence-electron chi connectivity index (χ2n) is 6.48. The van der Waals surface area contributed by atoms with E-state index in [1.807, 2.05) is 80.6 Å². The fraction of sp³-hybridized carbons (Fsp3) is 0.136. The minimum Gasteiger partial charge on any atom is -0.344 e. The monoisotopic (exact) mass is 356 g/mol. The molecule has 1 amide bonds. The zero-order valence-corrected chi connectivity index (χ0v) is 15.3. The van der Waals surface area contributed by atoms with Gasteiger partial charge in [0.25, 0.3) is 5.91 Å². The van der Waals surface area contributed by atoms with E-state index in [-0.39, 0.29) is 11.9 Å². The number of aromatic nitrogens is 3. The van der Waals surface area contributed by atoms with Gasteiger partial charge in [0, 0.05) is 17.4 Å². The maximum absolute atomic E-state index is 12.7. The largest absolute Gasteiger partial charge is 0.344 e. The second kappa shape index (κ2) is 7.03. The number of imidazole rings is 1. The zero-order valence-electron chi connectivity index (χ0n) is 15.3. The molecule has 5 nitrogen and oxygen atoms in total. The number of benzene rings is 2. The number of pyridine rings is 1. The Kier molecular flexibility index (Phi) is 4.42. The van der Waals surface area contributed by atoms with Crippen molar-refractivity contribution in [3.05, 3.63) is 90.0 Å². The standard InChI is InChI=1S/C22H20N4O/c1-15(19-10-6-7-13-23-19)24-22(27)17-11-12-21-20(14-17)25-16(2)26(21)18-8-4-3-5-9-18/h3-15H,1-2H3,(H,24,27). The number of amides is 1. The Hall–Kier alpha value is -3.47. The van der Waals surface area contributed by atoms with Gasteiger partial charge in [-0.15, -0.1) is 0 Å². The molecule has 1 atom stereocenters. The molecule has 5 heteroatoms. The van der Waals surface area contributed by atoms with Crippen LogP contribution in [0.5, 0.6) is 0 Å². The Morgan fingerprint density at radius 2 is 1.81 bits per heavy atom. The van der Waals surface area contributed by atoms with Crippen LogP contribution in [0.1, 0.15) is 34.8 Å². The van der Waals surface area contributed by atoms with Crippen molar-refractivity contribution >= 4 is 16.9 Å². The quantitative estimate of drug-likeness (QED) is 0.595. The minimum atomic E-state index is -0.169. The minimum absolute atomic E-state index is 0.137. The molecule has 27 heavy (non-hydrogen) atoms. The summed E-state index contributed by atoms with van der Waals surface area (Å²) in [4.78, 5) is 21.6. The number of aryl methyl sites for hydroxylation is 1. The van der Waals surface area contributed by atoms with Crippen LogP contribution in [0.4, 0.5) is 0 Å². The van der Waals surface area contributed by atoms with Gasteiger partial charge >= 0.3 is 0 Å². The van der Waals surface area contributed by atoms with Crippen LogP contribution in [0.15, 0.2) is 72.9 Å². The summed E-state index contributed by atoms with van der Waals surface area (Å²) in [6, 6.07) is 21.2. The lowest BCUT2D eigenvalue weighted by Gasteiger charge is -2.13. The van der Waals surface area contributed by atoms with Gasteiger partial charge in [0.2, 0.25) is 0 Å². The molecule has 0 aliphatic heterocycles. The first-order valence-corrected chi connectivity index (χ1v) is 8.90. The fourth-order valence-corrected chi connectivity index (χ4v) is 3.23. The Morgan fingerprint density at radius 1 is 1.04 bits per heavy atom. The summed E-state index contributed by atoms with van der Waals surface area (Å²) in [7, 11) is 0. The summed E-state index contributed by atoms with van der Waals surface area (Å²) >= 11 is 0. The smallest absolute Gasteiger partial charge is 0.251 e. The number of carbonyl (C=O) groups is 1. The van der Waals surface area contributed by atoms with Crippen LogP contribution in [0, 0.1) is 6.92 Å². The van der Waals surface area contributed by atoms with Gasteiger partial charge in [0.05, 0.1) is 22.8 Å². The van der Waals surface area contributed by atoms with Crippen LogP contribution < -0.4 is 5.32 Å². The van der Waals surface area contributed by atoms with Crippen LogP contribution in [0.2, 0.25) is 0 Å². The van der Waals surface area contributed by atoms with E-state index in [9.17, 15) is 4.79 Å². The molecule has 4 rings (SSSR count). The topological polar surface area (TPSA) is 59.8 Å². The Balaban J connectivity index is 1.63. The Bertz CT molecular complexity index is 1090. The molecular weight excluding hydrogens is 336 g/mol. The van der Waals surface area contributed by atoms with Crippen LogP contribution in [0.3, 0.4) is 0 Å². The molecule has 2 aromatic heterocycles. The molecule has 0 spiro atoms. The molecule has 0 radical (unpaired) electrons. The van der Waals surface area contributed by atoms with Gasteiger partial charge in [0.1, 0.15) is 5.82 Å². The molecule has 2 aromatic carbocycles. The van der Waals surface area contributed by atoms with E-state index < -0.39 is 0 Å². The van der Waals surface area contributed by atoms with Crippen LogP contribution in [0.25, 0.3) is 16.7 Å². The summed E-state index contributed by atoms with van der Waals surface area (Å²) < 4.78 is 2.09. The average Bonchev–Trinajstić information content (AvgIpc) is 3.04. The van der Waals surface area contributed by atoms with E-state index in [0.29, 0.717) is 5.56 Å². The van der Waals surface area contributed by atoms with Crippen molar-refractivity contribution in [2.24, 2.45) is 0 Å². The molecule has 0 saturated heterocycles. The predicted molar refractivity (Wildman–Crippen MR) is 106 cm³/mol. The second-order valence-corrected chi connectivity index (χ2v) is 6.48. The number of hydrogen-bond acceptors (Lipinski definition) is 3. The van der Waals surface area contributed by atoms with Gasteiger partial charge in [-0.05, 0) is 56.3 Å². The molecule has 0 bridgehead atoms. The lowest BCUT2D eigenvalue weighted by atomic mass is 10.1. The molecule has 2 heterocycles. The molecule has 0 aliphatic rings. The van der Waals surface area contributed by atoms with Crippen LogP contribution >= 0.6 is 0 Å². The summed E-state index contributed by atoms with van der Waals surface area (Å²) in [5, 5.41) is 2.99. The number of nitrogens with one attached hydrogen (secondary N) is 1.